The van der Waals surface area contributed by atoms with E-state index < -0.39 is 0 Å². The predicted molar refractivity (Wildman–Crippen MR) is 77.4 cm³/mol. The van der Waals surface area contributed by atoms with Gasteiger partial charge in [-0.1, -0.05) is 32.4 Å². The van der Waals surface area contributed by atoms with Gasteiger partial charge in [-0.15, -0.1) is 11.8 Å². The van der Waals surface area contributed by atoms with Crippen molar-refractivity contribution < 1.29 is 0 Å². The van der Waals surface area contributed by atoms with Crippen molar-refractivity contribution >= 4 is 11.8 Å². The third-order valence-electron chi connectivity index (χ3n) is 2.91. The van der Waals surface area contributed by atoms with Crippen LogP contribution in [0.1, 0.15) is 25.8 Å². The summed E-state index contributed by atoms with van der Waals surface area (Å²) >= 11 is 1.88. The molecular weight excluding hydrogens is 228 g/mol. The standard InChI is InChI=1S/C14H24N2S/c1-3-12(9-15)10-16-11-13-5-7-14(8-6-13)17-4-2/h5-8,12,16H,3-4,9-11,15H2,1-2H3. The Balaban J connectivity index is 2.31. The Morgan fingerprint density at radius 3 is 2.47 bits per heavy atom. The van der Waals surface area contributed by atoms with Crippen LogP contribution in [0, 0.1) is 5.92 Å². The molecule has 1 unspecified atom stereocenters. The van der Waals surface area contributed by atoms with E-state index in [-0.39, 0.29) is 0 Å². The normalized spacial score (nSPS) is 12.6. The highest BCUT2D eigenvalue weighted by Gasteiger charge is 2.02. The molecule has 0 aliphatic carbocycles. The van der Waals surface area contributed by atoms with E-state index in [0.29, 0.717) is 5.92 Å². The van der Waals surface area contributed by atoms with Crippen LogP contribution in [0.5, 0.6) is 0 Å². The Bertz CT molecular complexity index is 294. The van der Waals surface area contributed by atoms with Crippen LogP contribution >= 0.6 is 11.8 Å². The van der Waals surface area contributed by atoms with Gasteiger partial charge in [0.15, 0.2) is 0 Å². The highest BCUT2D eigenvalue weighted by Crippen LogP contribution is 2.17. The van der Waals surface area contributed by atoms with Gasteiger partial charge in [0.2, 0.25) is 0 Å². The largest absolute Gasteiger partial charge is 0.330 e. The van der Waals surface area contributed by atoms with E-state index in [2.05, 4.69) is 43.4 Å². The van der Waals surface area contributed by atoms with E-state index in [4.69, 9.17) is 5.73 Å². The fourth-order valence-corrected chi connectivity index (χ4v) is 2.35. The van der Waals surface area contributed by atoms with Gasteiger partial charge in [0.25, 0.3) is 0 Å². The Morgan fingerprint density at radius 1 is 1.24 bits per heavy atom. The minimum Gasteiger partial charge on any atom is -0.330 e. The number of hydrogen-bond donors (Lipinski definition) is 2. The summed E-state index contributed by atoms with van der Waals surface area (Å²) in [5.74, 6) is 1.73. The Kier molecular flexibility index (Phi) is 7.33. The minimum absolute atomic E-state index is 0.602. The molecule has 0 amide bonds. The van der Waals surface area contributed by atoms with E-state index in [1.165, 1.54) is 10.5 Å². The maximum atomic E-state index is 5.67. The summed E-state index contributed by atoms with van der Waals surface area (Å²) in [5.41, 5.74) is 7.02. The molecule has 1 aromatic carbocycles. The maximum absolute atomic E-state index is 5.67. The van der Waals surface area contributed by atoms with Crippen molar-refractivity contribution in [3.05, 3.63) is 29.8 Å². The van der Waals surface area contributed by atoms with Crippen molar-refractivity contribution in [2.75, 3.05) is 18.8 Å². The van der Waals surface area contributed by atoms with E-state index in [1.54, 1.807) is 0 Å². The van der Waals surface area contributed by atoms with Gasteiger partial charge in [0.1, 0.15) is 0 Å². The summed E-state index contributed by atoms with van der Waals surface area (Å²) in [6.45, 7) is 7.09. The van der Waals surface area contributed by atoms with E-state index in [0.717, 1.165) is 31.8 Å². The molecule has 0 saturated carbocycles. The molecule has 0 spiro atoms. The molecule has 0 saturated heterocycles. The zero-order valence-electron chi connectivity index (χ0n) is 10.9. The smallest absolute Gasteiger partial charge is 0.0205 e. The van der Waals surface area contributed by atoms with Gasteiger partial charge in [-0.3, -0.25) is 0 Å². The van der Waals surface area contributed by atoms with Crippen LogP contribution in [-0.2, 0) is 6.54 Å². The summed E-state index contributed by atoms with van der Waals surface area (Å²) in [5, 5.41) is 3.47. The molecule has 3 N–H and O–H groups in total. The molecule has 1 atom stereocenters. The molecule has 1 rings (SSSR count). The second-order valence-corrected chi connectivity index (χ2v) is 5.56. The highest BCUT2D eigenvalue weighted by atomic mass is 32.2. The molecule has 2 nitrogen and oxygen atoms in total. The second kappa shape index (κ2) is 8.56. The topological polar surface area (TPSA) is 38.0 Å². The van der Waals surface area contributed by atoms with Crippen LogP contribution in [0.2, 0.25) is 0 Å². The highest BCUT2D eigenvalue weighted by molar-refractivity contribution is 7.99. The fourth-order valence-electron chi connectivity index (χ4n) is 1.69. The monoisotopic (exact) mass is 252 g/mol. The van der Waals surface area contributed by atoms with E-state index in [1.807, 2.05) is 11.8 Å². The lowest BCUT2D eigenvalue weighted by molar-refractivity contribution is 0.471. The summed E-state index contributed by atoms with van der Waals surface area (Å²) in [7, 11) is 0. The summed E-state index contributed by atoms with van der Waals surface area (Å²) in [4.78, 5) is 1.35. The van der Waals surface area contributed by atoms with Crippen LogP contribution in [0.3, 0.4) is 0 Å². The quantitative estimate of drug-likeness (QED) is 0.699. The predicted octanol–water partition coefficient (Wildman–Crippen LogP) is 2.87. The first-order chi connectivity index (χ1) is 8.30. The van der Waals surface area contributed by atoms with E-state index in [9.17, 15) is 0 Å². The van der Waals surface area contributed by atoms with Crippen molar-refractivity contribution in [1.82, 2.24) is 5.32 Å². The third kappa shape index (κ3) is 5.57. The molecule has 3 heteroatoms. The van der Waals surface area contributed by atoms with E-state index >= 15 is 0 Å². The van der Waals surface area contributed by atoms with Gasteiger partial charge in [0.05, 0.1) is 0 Å². The first-order valence-electron chi connectivity index (χ1n) is 6.42. The Hall–Kier alpha value is -0.510. The number of benzene rings is 1. The molecule has 1 aromatic rings. The Labute approximate surface area is 109 Å². The number of rotatable bonds is 8. The number of nitrogens with two attached hydrogens (primary N) is 1. The molecule has 0 radical (unpaired) electrons. The van der Waals surface area contributed by atoms with Gasteiger partial charge in [-0.25, -0.2) is 0 Å². The summed E-state index contributed by atoms with van der Waals surface area (Å²) in [6.07, 6.45) is 1.15. The van der Waals surface area contributed by atoms with Crippen molar-refractivity contribution in [2.24, 2.45) is 11.7 Å². The van der Waals surface area contributed by atoms with Crippen LogP contribution in [-0.4, -0.2) is 18.8 Å². The van der Waals surface area contributed by atoms with Crippen LogP contribution in [0.15, 0.2) is 29.2 Å². The van der Waals surface area contributed by atoms with Crippen LogP contribution < -0.4 is 11.1 Å². The molecular formula is C14H24N2S. The zero-order chi connectivity index (χ0) is 12.5. The molecule has 0 bridgehead atoms. The lowest BCUT2D eigenvalue weighted by Gasteiger charge is -2.13. The minimum atomic E-state index is 0.602. The molecule has 0 heterocycles. The number of hydrogen-bond acceptors (Lipinski definition) is 3. The Morgan fingerprint density at radius 2 is 1.94 bits per heavy atom. The molecule has 0 aliphatic rings. The maximum Gasteiger partial charge on any atom is 0.0205 e. The molecule has 0 aromatic heterocycles. The SMILES string of the molecule is CCSc1ccc(CNCC(CC)CN)cc1. The van der Waals surface area contributed by atoms with Crippen molar-refractivity contribution in [1.29, 1.82) is 0 Å². The van der Waals surface area contributed by atoms with Crippen molar-refractivity contribution in [2.45, 2.75) is 31.7 Å². The molecule has 0 fully saturated rings. The lowest BCUT2D eigenvalue weighted by Crippen LogP contribution is -2.27. The van der Waals surface area contributed by atoms with Crippen LogP contribution in [0.25, 0.3) is 0 Å². The lowest BCUT2D eigenvalue weighted by atomic mass is 10.1. The number of nitrogens with one attached hydrogen (secondary N) is 1. The van der Waals surface area contributed by atoms with Crippen LogP contribution in [0.4, 0.5) is 0 Å². The summed E-state index contributed by atoms with van der Waals surface area (Å²) in [6, 6.07) is 8.81. The van der Waals surface area contributed by atoms with Gasteiger partial charge in [-0.2, -0.15) is 0 Å². The average molecular weight is 252 g/mol. The van der Waals surface area contributed by atoms with Gasteiger partial charge in [0, 0.05) is 11.4 Å². The first kappa shape index (κ1) is 14.6. The third-order valence-corrected chi connectivity index (χ3v) is 3.80. The van der Waals surface area contributed by atoms with Crippen molar-refractivity contribution in [3.63, 3.8) is 0 Å². The summed E-state index contributed by atoms with van der Waals surface area (Å²) < 4.78 is 0. The van der Waals surface area contributed by atoms with Gasteiger partial charge >= 0.3 is 0 Å². The molecule has 0 aliphatic heterocycles. The number of thioether (sulfide) groups is 1. The molecule has 17 heavy (non-hydrogen) atoms. The van der Waals surface area contributed by atoms with Gasteiger partial charge < -0.3 is 11.1 Å². The van der Waals surface area contributed by atoms with Crippen molar-refractivity contribution in [3.8, 4) is 0 Å². The second-order valence-electron chi connectivity index (χ2n) is 4.22. The fraction of sp³-hybridized carbons (Fsp3) is 0.571. The molecule has 96 valence electrons. The zero-order valence-corrected chi connectivity index (χ0v) is 11.7. The average Bonchev–Trinajstić information content (AvgIpc) is 2.37. The first-order valence-corrected chi connectivity index (χ1v) is 7.41. The van der Waals surface area contributed by atoms with Gasteiger partial charge in [-0.05, 0) is 42.5 Å².